The molecule has 1 aliphatic rings. The minimum atomic E-state index is 0.0681. The van der Waals surface area contributed by atoms with E-state index in [4.69, 9.17) is 0 Å². The molecule has 0 saturated heterocycles. The predicted octanol–water partition coefficient (Wildman–Crippen LogP) is 5.06. The number of rotatable bonds is 4. The lowest BCUT2D eigenvalue weighted by Gasteiger charge is -2.07. The molecule has 1 nitrogen and oxygen atoms in total. The number of hydrogen-bond acceptors (Lipinski definition) is 2. The van der Waals surface area contributed by atoms with Crippen molar-refractivity contribution in [3.05, 3.63) is 95.3 Å². The van der Waals surface area contributed by atoms with Crippen molar-refractivity contribution in [2.45, 2.75) is 11.3 Å². The van der Waals surface area contributed by atoms with Gasteiger partial charge in [-0.05, 0) is 37.1 Å². The molecule has 0 heterocycles. The Balaban J connectivity index is 1.73. The van der Waals surface area contributed by atoms with E-state index in [0.29, 0.717) is 0 Å². The second-order valence-electron chi connectivity index (χ2n) is 4.76. The first-order valence-electron chi connectivity index (χ1n) is 6.90. The van der Waals surface area contributed by atoms with Crippen LogP contribution in [0.5, 0.6) is 0 Å². The number of allylic oxidation sites excluding steroid dienone is 3. The highest BCUT2D eigenvalue weighted by atomic mass is 32.2. The van der Waals surface area contributed by atoms with Gasteiger partial charge in [-0.15, -0.1) is 0 Å². The molecule has 0 bridgehead atoms. The van der Waals surface area contributed by atoms with E-state index in [2.05, 4.69) is 24.6 Å². The Morgan fingerprint density at radius 1 is 0.905 bits per heavy atom. The Morgan fingerprint density at radius 2 is 1.62 bits per heavy atom. The lowest BCUT2D eigenvalue weighted by molar-refractivity contribution is 0.103. The highest BCUT2D eigenvalue weighted by molar-refractivity contribution is 8.03. The third kappa shape index (κ3) is 3.53. The molecule has 103 valence electrons. The lowest BCUT2D eigenvalue weighted by Crippen LogP contribution is -2.00. The van der Waals surface area contributed by atoms with Crippen molar-refractivity contribution in [2.24, 2.45) is 0 Å². The third-order valence-electron chi connectivity index (χ3n) is 3.24. The van der Waals surface area contributed by atoms with Gasteiger partial charge < -0.3 is 0 Å². The Kier molecular flexibility index (Phi) is 4.37. The van der Waals surface area contributed by atoms with Crippen LogP contribution < -0.4 is 0 Å². The number of hydrogen-bond donors (Lipinski definition) is 0. The zero-order chi connectivity index (χ0) is 14.5. The van der Waals surface area contributed by atoms with Crippen molar-refractivity contribution in [2.75, 3.05) is 0 Å². The van der Waals surface area contributed by atoms with Crippen molar-refractivity contribution < 1.29 is 4.79 Å². The molecule has 0 atom stereocenters. The van der Waals surface area contributed by atoms with Crippen LogP contribution in [-0.2, 0) is 0 Å². The van der Waals surface area contributed by atoms with Crippen LogP contribution >= 0.6 is 11.8 Å². The molecule has 21 heavy (non-hydrogen) atoms. The molecule has 0 aliphatic heterocycles. The van der Waals surface area contributed by atoms with Crippen molar-refractivity contribution in [3.8, 4) is 0 Å². The number of carbonyl (C=O) groups excluding carboxylic acids is 1. The molecule has 0 fully saturated rings. The van der Waals surface area contributed by atoms with Gasteiger partial charge in [-0.2, -0.15) is 0 Å². The zero-order valence-electron chi connectivity index (χ0n) is 11.5. The fourth-order valence-electron chi connectivity index (χ4n) is 2.14. The van der Waals surface area contributed by atoms with Crippen LogP contribution in [0.15, 0.2) is 82.6 Å². The average Bonchev–Trinajstić information content (AvgIpc) is 2.57. The van der Waals surface area contributed by atoms with Crippen LogP contribution in [-0.4, -0.2) is 5.78 Å². The molecule has 0 unspecified atom stereocenters. The number of ketones is 1. The fourth-order valence-corrected chi connectivity index (χ4v) is 3.01. The molecule has 0 saturated carbocycles. The molecule has 1 radical (unpaired) electrons. The van der Waals surface area contributed by atoms with Crippen molar-refractivity contribution in [3.63, 3.8) is 0 Å². The van der Waals surface area contributed by atoms with E-state index in [9.17, 15) is 4.79 Å². The highest BCUT2D eigenvalue weighted by Gasteiger charge is 2.08. The van der Waals surface area contributed by atoms with E-state index in [0.717, 1.165) is 22.4 Å². The summed E-state index contributed by atoms with van der Waals surface area (Å²) in [4.78, 5) is 14.7. The highest BCUT2D eigenvalue weighted by Crippen LogP contribution is 2.30. The normalized spacial score (nSPS) is 13.8. The monoisotopic (exact) mass is 291 g/mol. The number of carbonyl (C=O) groups is 1. The maximum atomic E-state index is 12.3. The molecule has 0 amide bonds. The molecule has 0 aromatic heterocycles. The quantitative estimate of drug-likeness (QED) is 0.733. The van der Waals surface area contributed by atoms with Gasteiger partial charge in [0.05, 0.1) is 0 Å². The Bertz CT molecular complexity index is 681. The largest absolute Gasteiger partial charge is 0.289 e. The SMILES string of the molecule is O=C(c1ccccc1)c1ccc(SC2=CC[CH]C=C2)cc1. The summed E-state index contributed by atoms with van der Waals surface area (Å²) in [6.45, 7) is 0. The zero-order valence-corrected chi connectivity index (χ0v) is 12.3. The summed E-state index contributed by atoms with van der Waals surface area (Å²) in [6, 6.07) is 17.2. The summed E-state index contributed by atoms with van der Waals surface area (Å²) in [5.41, 5.74) is 1.46. The molecule has 2 aromatic carbocycles. The van der Waals surface area contributed by atoms with Crippen LogP contribution in [0.1, 0.15) is 22.3 Å². The molecule has 3 rings (SSSR count). The van der Waals surface area contributed by atoms with Gasteiger partial charge in [-0.3, -0.25) is 4.79 Å². The first-order chi connectivity index (χ1) is 10.3. The molecule has 0 N–H and O–H groups in total. The van der Waals surface area contributed by atoms with Gasteiger partial charge in [-0.25, -0.2) is 0 Å². The Morgan fingerprint density at radius 3 is 2.29 bits per heavy atom. The molecule has 0 spiro atoms. The van der Waals surface area contributed by atoms with Crippen LogP contribution in [0.25, 0.3) is 0 Å². The van der Waals surface area contributed by atoms with Crippen LogP contribution in [0.2, 0.25) is 0 Å². The number of thioether (sulfide) groups is 1. The van der Waals surface area contributed by atoms with Crippen LogP contribution in [0.3, 0.4) is 0 Å². The predicted molar refractivity (Wildman–Crippen MR) is 88.3 cm³/mol. The first-order valence-corrected chi connectivity index (χ1v) is 7.72. The topological polar surface area (TPSA) is 17.1 Å². The van der Waals surface area contributed by atoms with Crippen LogP contribution in [0, 0.1) is 6.42 Å². The van der Waals surface area contributed by atoms with Crippen molar-refractivity contribution >= 4 is 17.5 Å². The van der Waals surface area contributed by atoms with Gasteiger partial charge in [0.25, 0.3) is 0 Å². The van der Waals surface area contributed by atoms with Gasteiger partial charge in [0.2, 0.25) is 0 Å². The summed E-state index contributed by atoms with van der Waals surface area (Å²) in [6.07, 6.45) is 9.51. The Labute approximate surface area is 129 Å². The number of benzene rings is 2. The smallest absolute Gasteiger partial charge is 0.193 e. The summed E-state index contributed by atoms with van der Waals surface area (Å²) in [5.74, 6) is 0.0681. The molecule has 1 aliphatic carbocycles. The maximum Gasteiger partial charge on any atom is 0.193 e. The Hall–Kier alpha value is -2.06. The van der Waals surface area contributed by atoms with Crippen molar-refractivity contribution in [1.82, 2.24) is 0 Å². The van der Waals surface area contributed by atoms with Gasteiger partial charge in [0, 0.05) is 20.9 Å². The van der Waals surface area contributed by atoms with E-state index in [1.807, 2.05) is 54.6 Å². The van der Waals surface area contributed by atoms with E-state index < -0.39 is 0 Å². The van der Waals surface area contributed by atoms with E-state index in [1.54, 1.807) is 11.8 Å². The second kappa shape index (κ2) is 6.59. The summed E-state index contributed by atoms with van der Waals surface area (Å²) in [5, 5.41) is 0. The lowest BCUT2D eigenvalue weighted by atomic mass is 10.0. The van der Waals surface area contributed by atoms with Crippen LogP contribution in [0.4, 0.5) is 0 Å². The van der Waals surface area contributed by atoms with Gasteiger partial charge in [0.15, 0.2) is 5.78 Å². The molecule has 2 aromatic rings. The van der Waals surface area contributed by atoms with E-state index in [1.165, 1.54) is 4.91 Å². The maximum absolute atomic E-state index is 12.3. The average molecular weight is 291 g/mol. The molecular formula is C19H15OS. The van der Waals surface area contributed by atoms with Gasteiger partial charge >= 0.3 is 0 Å². The first kappa shape index (κ1) is 13.9. The van der Waals surface area contributed by atoms with Crippen molar-refractivity contribution in [1.29, 1.82) is 0 Å². The fraction of sp³-hybridized carbons (Fsp3) is 0.0526. The molecule has 2 heteroatoms. The molecular weight excluding hydrogens is 276 g/mol. The van der Waals surface area contributed by atoms with Gasteiger partial charge in [-0.1, -0.05) is 60.3 Å². The minimum Gasteiger partial charge on any atom is -0.289 e. The minimum absolute atomic E-state index is 0.0681. The third-order valence-corrected chi connectivity index (χ3v) is 4.29. The standard InChI is InChI=1S/C19H15OS/c20-19(15-7-3-1-4-8-15)16-11-13-18(14-12-16)21-17-9-5-2-6-10-17/h1-5,7-14H,6H2. The summed E-state index contributed by atoms with van der Waals surface area (Å²) in [7, 11) is 0. The van der Waals surface area contributed by atoms with E-state index >= 15 is 0 Å². The van der Waals surface area contributed by atoms with Gasteiger partial charge in [0.1, 0.15) is 0 Å². The van der Waals surface area contributed by atoms with E-state index in [-0.39, 0.29) is 5.78 Å². The summed E-state index contributed by atoms with van der Waals surface area (Å²) < 4.78 is 0. The summed E-state index contributed by atoms with van der Waals surface area (Å²) >= 11 is 1.72. The second-order valence-corrected chi connectivity index (χ2v) is 5.91.